The molecule has 0 spiro atoms. The second-order valence-corrected chi connectivity index (χ2v) is 7.55. The minimum atomic E-state index is -0.369. The Hall–Kier alpha value is -2.77. The highest BCUT2D eigenvalue weighted by atomic mass is 79.9. The number of aromatic nitrogens is 2. The van der Waals surface area contributed by atoms with Gasteiger partial charge in [-0.05, 0) is 42.5 Å². The van der Waals surface area contributed by atoms with Crippen LogP contribution in [0.1, 0.15) is 0 Å². The summed E-state index contributed by atoms with van der Waals surface area (Å²) in [5.41, 5.74) is 2.24. The molecule has 5 rings (SSSR count). The number of nitrogens with one attached hydrogen (secondary N) is 1. The summed E-state index contributed by atoms with van der Waals surface area (Å²) >= 11 is 9.59. The van der Waals surface area contributed by atoms with E-state index in [1.807, 2.05) is 18.2 Å². The average molecular weight is 461 g/mol. The van der Waals surface area contributed by atoms with Crippen LogP contribution >= 0.6 is 27.5 Å². The number of imidazole rings is 1. The first-order chi connectivity index (χ1) is 13.6. The first-order valence-corrected chi connectivity index (χ1v) is 9.55. The quantitative estimate of drug-likeness (QED) is 0.406. The maximum absolute atomic E-state index is 14.6. The number of fused-ring (bicyclic) bond motifs is 2. The maximum atomic E-state index is 14.6. The molecular formula is C20H12BrClFN3O2. The fraction of sp³-hybridized carbons (Fsp3) is 0.0500. The number of ether oxygens (including phenoxy) is 2. The summed E-state index contributed by atoms with van der Waals surface area (Å²) in [6, 6.07) is 13.8. The Morgan fingerprint density at radius 1 is 1.07 bits per heavy atom. The van der Waals surface area contributed by atoms with Crippen molar-refractivity contribution in [3.05, 3.63) is 70.0 Å². The second-order valence-electron chi connectivity index (χ2n) is 6.20. The van der Waals surface area contributed by atoms with E-state index in [1.54, 1.807) is 34.9 Å². The third-order valence-corrected chi connectivity index (χ3v) is 5.12. The molecule has 3 heterocycles. The molecule has 28 heavy (non-hydrogen) atoms. The van der Waals surface area contributed by atoms with Crippen molar-refractivity contribution in [2.45, 2.75) is 0 Å². The number of anilines is 2. The Kier molecular flexibility index (Phi) is 4.14. The normalized spacial score (nSPS) is 12.5. The van der Waals surface area contributed by atoms with Gasteiger partial charge in [0.1, 0.15) is 23.0 Å². The summed E-state index contributed by atoms with van der Waals surface area (Å²) in [5.74, 6) is 1.55. The third-order valence-electron chi connectivity index (χ3n) is 4.40. The Morgan fingerprint density at radius 3 is 2.82 bits per heavy atom. The molecule has 2 aromatic heterocycles. The van der Waals surface area contributed by atoms with E-state index in [-0.39, 0.29) is 12.6 Å². The van der Waals surface area contributed by atoms with Crippen LogP contribution in [0.25, 0.3) is 16.9 Å². The van der Waals surface area contributed by atoms with Crippen molar-refractivity contribution in [2.24, 2.45) is 0 Å². The molecule has 0 saturated heterocycles. The number of rotatable bonds is 3. The summed E-state index contributed by atoms with van der Waals surface area (Å²) in [7, 11) is 0. The Labute approximate surface area is 172 Å². The number of pyridine rings is 1. The number of nitrogens with zero attached hydrogens (tertiary/aromatic N) is 2. The van der Waals surface area contributed by atoms with Crippen molar-refractivity contribution in [1.82, 2.24) is 9.38 Å². The molecule has 1 N–H and O–H groups in total. The molecule has 0 amide bonds. The van der Waals surface area contributed by atoms with Gasteiger partial charge in [0.15, 0.2) is 11.5 Å². The van der Waals surface area contributed by atoms with Gasteiger partial charge in [-0.2, -0.15) is 0 Å². The van der Waals surface area contributed by atoms with Gasteiger partial charge in [0.2, 0.25) is 6.79 Å². The minimum Gasteiger partial charge on any atom is -0.454 e. The number of benzene rings is 2. The molecule has 1 aliphatic heterocycles. The highest BCUT2D eigenvalue weighted by Crippen LogP contribution is 2.38. The van der Waals surface area contributed by atoms with Crippen LogP contribution in [0.5, 0.6) is 11.5 Å². The highest BCUT2D eigenvalue weighted by Gasteiger charge is 2.20. The molecule has 8 heteroatoms. The van der Waals surface area contributed by atoms with E-state index in [1.165, 1.54) is 6.07 Å². The van der Waals surface area contributed by atoms with Gasteiger partial charge >= 0.3 is 0 Å². The number of halogens is 3. The van der Waals surface area contributed by atoms with E-state index >= 15 is 0 Å². The SMILES string of the molecule is Fc1ccc(Br)cc1-c1nc2ccc(Cl)cn2c1Nc1ccc2c(c1)OCO2. The first kappa shape index (κ1) is 17.3. The zero-order valence-electron chi connectivity index (χ0n) is 14.2. The predicted molar refractivity (Wildman–Crippen MR) is 109 cm³/mol. The monoisotopic (exact) mass is 459 g/mol. The summed E-state index contributed by atoms with van der Waals surface area (Å²) < 4.78 is 28.0. The van der Waals surface area contributed by atoms with Crippen LogP contribution in [0, 0.1) is 5.82 Å². The van der Waals surface area contributed by atoms with Gasteiger partial charge in [0.25, 0.3) is 0 Å². The maximum Gasteiger partial charge on any atom is 0.231 e. The van der Waals surface area contributed by atoms with Crippen molar-refractivity contribution in [3.63, 3.8) is 0 Å². The van der Waals surface area contributed by atoms with E-state index in [0.717, 1.165) is 10.2 Å². The lowest BCUT2D eigenvalue weighted by Crippen LogP contribution is -1.98. The highest BCUT2D eigenvalue weighted by molar-refractivity contribution is 9.10. The van der Waals surface area contributed by atoms with Crippen LogP contribution in [0.15, 0.2) is 59.2 Å². The fourth-order valence-electron chi connectivity index (χ4n) is 3.12. The average Bonchev–Trinajstić information content (AvgIpc) is 3.28. The smallest absolute Gasteiger partial charge is 0.231 e. The Bertz CT molecular complexity index is 1230. The third kappa shape index (κ3) is 2.96. The summed E-state index contributed by atoms with van der Waals surface area (Å²) in [6.45, 7) is 0.193. The number of hydrogen-bond acceptors (Lipinski definition) is 4. The van der Waals surface area contributed by atoms with Crippen molar-refractivity contribution < 1.29 is 13.9 Å². The van der Waals surface area contributed by atoms with E-state index < -0.39 is 0 Å². The van der Waals surface area contributed by atoms with Crippen molar-refractivity contribution >= 4 is 44.7 Å². The van der Waals surface area contributed by atoms with Crippen molar-refractivity contribution in [3.8, 4) is 22.8 Å². The standard InChI is InChI=1S/C20H12BrClFN3O2/c21-11-1-4-15(23)14(7-11)19-20(26-9-12(22)2-6-18(26)25-19)24-13-3-5-16-17(8-13)28-10-27-16/h1-9,24H,10H2. The van der Waals surface area contributed by atoms with Gasteiger partial charge in [0, 0.05) is 28.0 Å². The molecule has 1 aliphatic rings. The molecule has 0 bridgehead atoms. The van der Waals surface area contributed by atoms with Crippen LogP contribution in [-0.4, -0.2) is 16.2 Å². The Balaban J connectivity index is 1.69. The Morgan fingerprint density at radius 2 is 1.93 bits per heavy atom. The molecule has 0 saturated carbocycles. The largest absolute Gasteiger partial charge is 0.454 e. The van der Waals surface area contributed by atoms with Crippen LogP contribution in [-0.2, 0) is 0 Å². The van der Waals surface area contributed by atoms with Gasteiger partial charge in [-0.3, -0.25) is 4.40 Å². The molecule has 0 aliphatic carbocycles. The van der Waals surface area contributed by atoms with Crippen LogP contribution < -0.4 is 14.8 Å². The summed E-state index contributed by atoms with van der Waals surface area (Å²) in [5, 5.41) is 3.86. The van der Waals surface area contributed by atoms with Gasteiger partial charge in [-0.1, -0.05) is 27.5 Å². The molecule has 0 fully saturated rings. The zero-order chi connectivity index (χ0) is 19.3. The van der Waals surface area contributed by atoms with Crippen LogP contribution in [0.3, 0.4) is 0 Å². The van der Waals surface area contributed by atoms with E-state index in [9.17, 15) is 4.39 Å². The molecule has 2 aromatic carbocycles. The molecule has 5 nitrogen and oxygen atoms in total. The lowest BCUT2D eigenvalue weighted by molar-refractivity contribution is 0.174. The minimum absolute atomic E-state index is 0.193. The zero-order valence-corrected chi connectivity index (χ0v) is 16.6. The lowest BCUT2D eigenvalue weighted by atomic mass is 10.1. The summed E-state index contributed by atoms with van der Waals surface area (Å²) in [4.78, 5) is 4.62. The second kappa shape index (κ2) is 6.68. The molecule has 0 unspecified atom stereocenters. The molecular weight excluding hydrogens is 449 g/mol. The van der Waals surface area contributed by atoms with Crippen LogP contribution in [0.4, 0.5) is 15.9 Å². The van der Waals surface area contributed by atoms with Gasteiger partial charge in [-0.25, -0.2) is 9.37 Å². The van der Waals surface area contributed by atoms with Crippen molar-refractivity contribution in [2.75, 3.05) is 12.1 Å². The molecule has 4 aromatic rings. The molecule has 140 valence electrons. The van der Waals surface area contributed by atoms with E-state index in [2.05, 4.69) is 26.2 Å². The lowest BCUT2D eigenvalue weighted by Gasteiger charge is -2.10. The van der Waals surface area contributed by atoms with Gasteiger partial charge in [-0.15, -0.1) is 0 Å². The van der Waals surface area contributed by atoms with Crippen LogP contribution in [0.2, 0.25) is 5.02 Å². The van der Waals surface area contributed by atoms with Crippen molar-refractivity contribution in [1.29, 1.82) is 0 Å². The van der Waals surface area contributed by atoms with Gasteiger partial charge < -0.3 is 14.8 Å². The predicted octanol–water partition coefficient (Wildman–Crippen LogP) is 6.03. The van der Waals surface area contributed by atoms with E-state index in [0.29, 0.717) is 39.2 Å². The molecule has 0 radical (unpaired) electrons. The first-order valence-electron chi connectivity index (χ1n) is 8.38. The van der Waals surface area contributed by atoms with E-state index in [4.69, 9.17) is 21.1 Å². The number of hydrogen-bond donors (Lipinski definition) is 1. The molecule has 0 atom stereocenters. The fourth-order valence-corrected chi connectivity index (χ4v) is 3.64. The van der Waals surface area contributed by atoms with Gasteiger partial charge in [0.05, 0.1) is 5.02 Å². The summed E-state index contributed by atoms with van der Waals surface area (Å²) in [6.07, 6.45) is 1.73. The topological polar surface area (TPSA) is 47.8 Å².